The lowest BCUT2D eigenvalue weighted by Gasteiger charge is -2.57. The van der Waals surface area contributed by atoms with E-state index in [2.05, 4.69) is 44.7 Å². The van der Waals surface area contributed by atoms with Crippen LogP contribution in [0.5, 0.6) is 11.5 Å². The molecule has 4 aliphatic carbocycles. The van der Waals surface area contributed by atoms with Gasteiger partial charge in [-0.15, -0.1) is 6.58 Å². The van der Waals surface area contributed by atoms with Crippen LogP contribution in [-0.2, 0) is 23.7 Å². The number of aryl methyl sites for hydroxylation is 2. The molecular formula is C31H40O2. The van der Waals surface area contributed by atoms with Crippen LogP contribution in [-0.4, -0.2) is 10.2 Å². The summed E-state index contributed by atoms with van der Waals surface area (Å²) < 4.78 is 0. The SMILES string of the molecule is C=CCC(C)(CC)c1ccc(CCc2ccc(C34CC5CC(CC(C5)C3)C4)c(O)c2)cc1O. The quantitative estimate of drug-likeness (QED) is 0.412. The molecule has 2 aromatic rings. The highest BCUT2D eigenvalue weighted by Gasteiger charge is 2.52. The Balaban J connectivity index is 1.29. The van der Waals surface area contributed by atoms with Crippen molar-refractivity contribution < 1.29 is 10.2 Å². The maximum absolute atomic E-state index is 11.0. The lowest BCUT2D eigenvalue weighted by Crippen LogP contribution is -2.48. The van der Waals surface area contributed by atoms with Gasteiger partial charge < -0.3 is 10.2 Å². The van der Waals surface area contributed by atoms with Crippen molar-refractivity contribution in [3.63, 3.8) is 0 Å². The molecule has 0 saturated heterocycles. The van der Waals surface area contributed by atoms with Gasteiger partial charge in [-0.25, -0.2) is 0 Å². The van der Waals surface area contributed by atoms with Crippen molar-refractivity contribution in [2.75, 3.05) is 0 Å². The molecule has 0 amide bonds. The van der Waals surface area contributed by atoms with E-state index in [1.165, 1.54) is 49.7 Å². The van der Waals surface area contributed by atoms with Gasteiger partial charge in [0.05, 0.1) is 0 Å². The summed E-state index contributed by atoms with van der Waals surface area (Å²) in [6, 6.07) is 12.7. The van der Waals surface area contributed by atoms with E-state index in [-0.39, 0.29) is 10.8 Å². The molecular weight excluding hydrogens is 404 g/mol. The van der Waals surface area contributed by atoms with E-state index in [0.29, 0.717) is 11.5 Å². The summed E-state index contributed by atoms with van der Waals surface area (Å²) in [5.74, 6) is 3.54. The molecule has 6 rings (SSSR count). The Bertz CT molecular complexity index is 1000. The van der Waals surface area contributed by atoms with Gasteiger partial charge in [0.2, 0.25) is 0 Å². The molecule has 2 aromatic carbocycles. The van der Waals surface area contributed by atoms with Gasteiger partial charge >= 0.3 is 0 Å². The predicted molar refractivity (Wildman–Crippen MR) is 136 cm³/mol. The third-order valence-corrected chi connectivity index (χ3v) is 9.46. The second kappa shape index (κ2) is 8.53. The zero-order chi connectivity index (χ0) is 23.2. The molecule has 1 atom stereocenters. The topological polar surface area (TPSA) is 40.5 Å². The Morgan fingerprint density at radius 1 is 0.909 bits per heavy atom. The maximum Gasteiger partial charge on any atom is 0.119 e. The first-order valence-electron chi connectivity index (χ1n) is 13.1. The molecule has 0 spiro atoms. The first-order valence-corrected chi connectivity index (χ1v) is 13.1. The average molecular weight is 445 g/mol. The van der Waals surface area contributed by atoms with Crippen LogP contribution in [0.3, 0.4) is 0 Å². The van der Waals surface area contributed by atoms with E-state index < -0.39 is 0 Å². The van der Waals surface area contributed by atoms with Gasteiger partial charge in [-0.2, -0.15) is 0 Å². The van der Waals surface area contributed by atoms with Gasteiger partial charge in [0.25, 0.3) is 0 Å². The van der Waals surface area contributed by atoms with Crippen molar-refractivity contribution in [3.05, 3.63) is 71.3 Å². The average Bonchev–Trinajstić information content (AvgIpc) is 2.77. The van der Waals surface area contributed by atoms with E-state index in [1.54, 1.807) is 0 Å². The van der Waals surface area contributed by atoms with E-state index >= 15 is 0 Å². The largest absolute Gasteiger partial charge is 0.508 e. The Hall–Kier alpha value is -2.22. The molecule has 4 aliphatic rings. The second-order valence-electron chi connectivity index (χ2n) is 11.8. The van der Waals surface area contributed by atoms with Crippen molar-refractivity contribution in [2.45, 2.75) is 88.9 Å². The normalized spacial score (nSPS) is 29.7. The van der Waals surface area contributed by atoms with Crippen molar-refractivity contribution in [3.8, 4) is 11.5 Å². The Kier molecular flexibility index (Phi) is 5.83. The van der Waals surface area contributed by atoms with Gasteiger partial charge in [0.15, 0.2) is 0 Å². The first kappa shape index (κ1) is 22.6. The molecule has 1 unspecified atom stereocenters. The predicted octanol–water partition coefficient (Wildman–Crippen LogP) is 7.59. The van der Waals surface area contributed by atoms with Crippen LogP contribution in [0, 0.1) is 17.8 Å². The Morgan fingerprint density at radius 2 is 1.45 bits per heavy atom. The molecule has 0 aromatic heterocycles. The molecule has 0 radical (unpaired) electrons. The molecule has 4 fully saturated rings. The highest BCUT2D eigenvalue weighted by molar-refractivity contribution is 5.45. The van der Waals surface area contributed by atoms with Crippen molar-refractivity contribution in [1.82, 2.24) is 0 Å². The zero-order valence-corrected chi connectivity index (χ0v) is 20.4. The van der Waals surface area contributed by atoms with Crippen LogP contribution in [0.2, 0.25) is 0 Å². The van der Waals surface area contributed by atoms with Crippen LogP contribution in [0.1, 0.15) is 87.5 Å². The van der Waals surface area contributed by atoms with Gasteiger partial charge in [-0.3, -0.25) is 0 Å². The number of hydrogen-bond donors (Lipinski definition) is 2. The fourth-order valence-corrected chi connectivity index (χ4v) is 7.92. The maximum atomic E-state index is 11.0. The number of benzene rings is 2. The monoisotopic (exact) mass is 444 g/mol. The summed E-state index contributed by atoms with van der Waals surface area (Å²) in [5, 5.41) is 21.8. The Labute approximate surface area is 199 Å². The summed E-state index contributed by atoms with van der Waals surface area (Å²) in [6.07, 6.45) is 13.6. The number of aromatic hydroxyl groups is 2. The molecule has 0 aliphatic heterocycles. The molecule has 2 heteroatoms. The van der Waals surface area contributed by atoms with Crippen LogP contribution in [0.4, 0.5) is 0 Å². The number of rotatable bonds is 8. The second-order valence-corrected chi connectivity index (χ2v) is 11.8. The van der Waals surface area contributed by atoms with Gasteiger partial charge in [0, 0.05) is 11.1 Å². The number of phenolic OH excluding ortho intramolecular Hbond substituents is 2. The fourth-order valence-electron chi connectivity index (χ4n) is 7.92. The minimum Gasteiger partial charge on any atom is -0.508 e. The summed E-state index contributed by atoms with van der Waals surface area (Å²) in [7, 11) is 0. The lowest BCUT2D eigenvalue weighted by molar-refractivity contribution is -0.00613. The molecule has 4 bridgehead atoms. The highest BCUT2D eigenvalue weighted by Crippen LogP contribution is 2.61. The van der Waals surface area contributed by atoms with Gasteiger partial charge in [0.1, 0.15) is 11.5 Å². The highest BCUT2D eigenvalue weighted by atomic mass is 16.3. The molecule has 4 saturated carbocycles. The molecule has 2 nitrogen and oxygen atoms in total. The van der Waals surface area contributed by atoms with Gasteiger partial charge in [-0.1, -0.05) is 44.2 Å². The third-order valence-electron chi connectivity index (χ3n) is 9.46. The summed E-state index contributed by atoms with van der Waals surface area (Å²) in [4.78, 5) is 0. The van der Waals surface area contributed by atoms with Crippen LogP contribution in [0.25, 0.3) is 0 Å². The standard InChI is InChI=1S/C31H40O2/c1-4-12-30(3,5-2)26-10-8-21(16-28(26)32)6-7-22-9-11-27(29(33)17-22)31-18-23-13-24(19-31)15-25(14-23)20-31/h4,8-11,16-17,23-25,32-33H,1,5-7,12-15,18-20H2,2-3H3. The van der Waals surface area contributed by atoms with E-state index in [4.69, 9.17) is 0 Å². The molecule has 2 N–H and O–H groups in total. The number of phenols is 2. The lowest BCUT2D eigenvalue weighted by atomic mass is 9.48. The fraction of sp³-hybridized carbons (Fsp3) is 0.548. The molecule has 0 heterocycles. The minimum absolute atomic E-state index is 0.0801. The summed E-state index contributed by atoms with van der Waals surface area (Å²) in [5.41, 5.74) is 4.69. The number of hydrogen-bond acceptors (Lipinski definition) is 2. The molecule has 176 valence electrons. The van der Waals surface area contributed by atoms with E-state index in [0.717, 1.165) is 54.6 Å². The molecule has 33 heavy (non-hydrogen) atoms. The summed E-state index contributed by atoms with van der Waals surface area (Å²) >= 11 is 0. The van der Waals surface area contributed by atoms with Crippen LogP contribution < -0.4 is 0 Å². The van der Waals surface area contributed by atoms with E-state index in [9.17, 15) is 10.2 Å². The van der Waals surface area contributed by atoms with Gasteiger partial charge in [-0.05, 0) is 116 Å². The van der Waals surface area contributed by atoms with Crippen molar-refractivity contribution in [1.29, 1.82) is 0 Å². The smallest absolute Gasteiger partial charge is 0.119 e. The summed E-state index contributed by atoms with van der Waals surface area (Å²) in [6.45, 7) is 8.25. The van der Waals surface area contributed by atoms with Crippen LogP contribution >= 0.6 is 0 Å². The number of allylic oxidation sites excluding steroid dienone is 1. The van der Waals surface area contributed by atoms with Crippen molar-refractivity contribution in [2.24, 2.45) is 17.8 Å². The van der Waals surface area contributed by atoms with Crippen molar-refractivity contribution >= 4 is 0 Å². The zero-order valence-electron chi connectivity index (χ0n) is 20.4. The first-order chi connectivity index (χ1) is 15.8. The van der Waals surface area contributed by atoms with E-state index in [1.807, 2.05) is 18.2 Å². The van der Waals surface area contributed by atoms with Crippen LogP contribution in [0.15, 0.2) is 49.1 Å². The third kappa shape index (κ3) is 4.11. The minimum atomic E-state index is -0.0801. The Morgan fingerprint density at radius 3 is 1.94 bits per heavy atom.